The van der Waals surface area contributed by atoms with Crippen LogP contribution in [-0.4, -0.2) is 12.5 Å². The first-order valence-electron chi connectivity index (χ1n) is 6.58. The summed E-state index contributed by atoms with van der Waals surface area (Å²) in [6.45, 7) is 1.83. The molecule has 1 amide bonds. The molecule has 0 saturated carbocycles. The van der Waals surface area contributed by atoms with Gasteiger partial charge in [-0.2, -0.15) is 0 Å². The van der Waals surface area contributed by atoms with Crippen LogP contribution in [-0.2, 0) is 4.79 Å². The summed E-state index contributed by atoms with van der Waals surface area (Å²) in [7, 11) is 0. The van der Waals surface area contributed by atoms with Crippen LogP contribution in [0.3, 0.4) is 0 Å². The minimum absolute atomic E-state index is 0.0645. The van der Waals surface area contributed by atoms with Gasteiger partial charge in [-0.05, 0) is 48.9 Å². The summed E-state index contributed by atoms with van der Waals surface area (Å²) in [6.07, 6.45) is 0. The smallest absolute Gasteiger partial charge is 0.262 e. The van der Waals surface area contributed by atoms with E-state index in [0.29, 0.717) is 16.5 Å². The summed E-state index contributed by atoms with van der Waals surface area (Å²) in [6, 6.07) is 14.2. The highest BCUT2D eigenvalue weighted by Crippen LogP contribution is 2.18. The van der Waals surface area contributed by atoms with Crippen LogP contribution >= 0.6 is 11.6 Å². The van der Waals surface area contributed by atoms with Gasteiger partial charge >= 0.3 is 0 Å². The standard InChI is InChI=1S/C16H17ClN2O2/c1-11(18)12-3-2-4-15(9-12)21-10-16(20)19-14-7-5-13(17)6-8-14/h2-9,11H,10,18H2,1H3,(H,19,20)/t11-/m0/s1. The van der Waals surface area contributed by atoms with Gasteiger partial charge in [-0.3, -0.25) is 4.79 Å². The lowest BCUT2D eigenvalue weighted by molar-refractivity contribution is -0.118. The third-order valence-electron chi connectivity index (χ3n) is 2.88. The topological polar surface area (TPSA) is 64.3 Å². The van der Waals surface area contributed by atoms with Crippen LogP contribution in [0.4, 0.5) is 5.69 Å². The first kappa shape index (κ1) is 15.4. The monoisotopic (exact) mass is 304 g/mol. The van der Waals surface area contributed by atoms with Gasteiger partial charge in [0.05, 0.1) is 0 Å². The van der Waals surface area contributed by atoms with Crippen molar-refractivity contribution in [1.82, 2.24) is 0 Å². The van der Waals surface area contributed by atoms with E-state index in [-0.39, 0.29) is 18.6 Å². The van der Waals surface area contributed by atoms with Crippen LogP contribution in [0.2, 0.25) is 5.02 Å². The third kappa shape index (κ3) is 4.77. The molecule has 0 unspecified atom stereocenters. The van der Waals surface area contributed by atoms with E-state index in [1.165, 1.54) is 0 Å². The maximum absolute atomic E-state index is 11.8. The van der Waals surface area contributed by atoms with Crippen LogP contribution < -0.4 is 15.8 Å². The predicted molar refractivity (Wildman–Crippen MR) is 84.6 cm³/mol. The summed E-state index contributed by atoms with van der Waals surface area (Å²) < 4.78 is 5.46. The Labute approximate surface area is 128 Å². The summed E-state index contributed by atoms with van der Waals surface area (Å²) in [5.74, 6) is 0.388. The van der Waals surface area contributed by atoms with Crippen molar-refractivity contribution in [2.45, 2.75) is 13.0 Å². The lowest BCUT2D eigenvalue weighted by Crippen LogP contribution is -2.20. The normalized spacial score (nSPS) is 11.8. The van der Waals surface area contributed by atoms with E-state index < -0.39 is 0 Å². The Morgan fingerprint density at radius 1 is 1.29 bits per heavy atom. The molecule has 5 heteroatoms. The molecule has 0 bridgehead atoms. The Bertz CT molecular complexity index is 612. The predicted octanol–water partition coefficient (Wildman–Crippen LogP) is 3.38. The minimum atomic E-state index is -0.233. The fourth-order valence-corrected chi connectivity index (χ4v) is 1.89. The van der Waals surface area contributed by atoms with Crippen LogP contribution in [0.25, 0.3) is 0 Å². The van der Waals surface area contributed by atoms with Gasteiger partial charge in [0.2, 0.25) is 0 Å². The second-order valence-electron chi connectivity index (χ2n) is 4.70. The molecule has 2 rings (SSSR count). The molecule has 0 aromatic heterocycles. The number of carbonyl (C=O) groups excluding carboxylic acids is 1. The Morgan fingerprint density at radius 2 is 2.00 bits per heavy atom. The molecule has 1 atom stereocenters. The highest BCUT2D eigenvalue weighted by atomic mass is 35.5. The summed E-state index contributed by atoms with van der Waals surface area (Å²) in [5.41, 5.74) is 7.45. The zero-order chi connectivity index (χ0) is 15.2. The number of rotatable bonds is 5. The van der Waals surface area contributed by atoms with Crippen molar-refractivity contribution in [3.05, 3.63) is 59.1 Å². The average Bonchev–Trinajstić information content (AvgIpc) is 2.48. The molecule has 0 heterocycles. The number of anilines is 1. The van der Waals surface area contributed by atoms with Gasteiger partial charge in [0.25, 0.3) is 5.91 Å². The summed E-state index contributed by atoms with van der Waals surface area (Å²) in [4.78, 5) is 11.8. The summed E-state index contributed by atoms with van der Waals surface area (Å²) >= 11 is 5.78. The minimum Gasteiger partial charge on any atom is -0.484 e. The second-order valence-corrected chi connectivity index (χ2v) is 5.14. The Kier molecular flexibility index (Phi) is 5.20. The SMILES string of the molecule is C[C@H](N)c1cccc(OCC(=O)Nc2ccc(Cl)cc2)c1. The molecule has 110 valence electrons. The number of halogens is 1. The molecule has 0 saturated heterocycles. The van der Waals surface area contributed by atoms with Crippen LogP contribution in [0.15, 0.2) is 48.5 Å². The largest absolute Gasteiger partial charge is 0.484 e. The van der Waals surface area contributed by atoms with Crippen molar-refractivity contribution in [2.24, 2.45) is 5.73 Å². The van der Waals surface area contributed by atoms with Crippen molar-refractivity contribution < 1.29 is 9.53 Å². The van der Waals surface area contributed by atoms with Crippen LogP contribution in [0.5, 0.6) is 5.75 Å². The number of nitrogens with one attached hydrogen (secondary N) is 1. The molecule has 0 aliphatic heterocycles. The van der Waals surface area contributed by atoms with E-state index in [0.717, 1.165) is 5.56 Å². The maximum Gasteiger partial charge on any atom is 0.262 e. The fourth-order valence-electron chi connectivity index (χ4n) is 1.77. The van der Waals surface area contributed by atoms with Gasteiger partial charge in [-0.15, -0.1) is 0 Å². The van der Waals surface area contributed by atoms with Crippen molar-refractivity contribution >= 4 is 23.2 Å². The van der Waals surface area contributed by atoms with Crippen molar-refractivity contribution in [3.8, 4) is 5.75 Å². The van der Waals surface area contributed by atoms with Crippen molar-refractivity contribution in [3.63, 3.8) is 0 Å². The molecule has 0 aliphatic rings. The number of ether oxygens (including phenoxy) is 1. The molecule has 2 aromatic carbocycles. The first-order chi connectivity index (χ1) is 10.0. The molecular formula is C16H17ClN2O2. The van der Waals surface area contributed by atoms with Crippen LogP contribution in [0.1, 0.15) is 18.5 Å². The molecule has 0 radical (unpaired) electrons. The van der Waals surface area contributed by atoms with Gasteiger partial charge in [0.1, 0.15) is 5.75 Å². The molecule has 2 aromatic rings. The average molecular weight is 305 g/mol. The number of amides is 1. The van der Waals surface area contributed by atoms with E-state index in [2.05, 4.69) is 5.32 Å². The molecule has 0 spiro atoms. The quantitative estimate of drug-likeness (QED) is 0.890. The van der Waals surface area contributed by atoms with E-state index in [1.807, 2.05) is 25.1 Å². The number of hydrogen-bond donors (Lipinski definition) is 2. The molecule has 0 aliphatic carbocycles. The van der Waals surface area contributed by atoms with E-state index in [1.54, 1.807) is 30.3 Å². The van der Waals surface area contributed by atoms with E-state index in [9.17, 15) is 4.79 Å². The van der Waals surface area contributed by atoms with Gasteiger partial charge in [-0.1, -0.05) is 23.7 Å². The molecule has 21 heavy (non-hydrogen) atoms. The van der Waals surface area contributed by atoms with E-state index >= 15 is 0 Å². The maximum atomic E-state index is 11.8. The number of hydrogen-bond acceptors (Lipinski definition) is 3. The fraction of sp³-hybridized carbons (Fsp3) is 0.188. The Hall–Kier alpha value is -2.04. The van der Waals surface area contributed by atoms with Crippen molar-refractivity contribution in [2.75, 3.05) is 11.9 Å². The van der Waals surface area contributed by atoms with E-state index in [4.69, 9.17) is 22.1 Å². The molecular weight excluding hydrogens is 288 g/mol. The van der Waals surface area contributed by atoms with Crippen LogP contribution in [0, 0.1) is 0 Å². The van der Waals surface area contributed by atoms with Gasteiger partial charge in [0.15, 0.2) is 6.61 Å². The van der Waals surface area contributed by atoms with Gasteiger partial charge in [-0.25, -0.2) is 0 Å². The number of carbonyl (C=O) groups is 1. The summed E-state index contributed by atoms with van der Waals surface area (Å²) in [5, 5.41) is 3.35. The zero-order valence-corrected chi connectivity index (χ0v) is 12.4. The lowest BCUT2D eigenvalue weighted by atomic mass is 10.1. The first-order valence-corrected chi connectivity index (χ1v) is 6.96. The number of benzene rings is 2. The lowest BCUT2D eigenvalue weighted by Gasteiger charge is -2.10. The Morgan fingerprint density at radius 3 is 2.67 bits per heavy atom. The third-order valence-corrected chi connectivity index (χ3v) is 3.13. The molecule has 0 fully saturated rings. The Balaban J connectivity index is 1.89. The van der Waals surface area contributed by atoms with Crippen molar-refractivity contribution in [1.29, 1.82) is 0 Å². The van der Waals surface area contributed by atoms with Gasteiger partial charge < -0.3 is 15.8 Å². The zero-order valence-electron chi connectivity index (χ0n) is 11.7. The number of nitrogens with two attached hydrogens (primary N) is 1. The highest BCUT2D eigenvalue weighted by molar-refractivity contribution is 6.30. The highest BCUT2D eigenvalue weighted by Gasteiger charge is 2.05. The van der Waals surface area contributed by atoms with Gasteiger partial charge in [0, 0.05) is 16.8 Å². The molecule has 3 N–H and O–H groups in total. The molecule has 4 nitrogen and oxygen atoms in total. The second kappa shape index (κ2) is 7.11.